The maximum Gasteiger partial charge on any atom is 0.161 e. The van der Waals surface area contributed by atoms with Gasteiger partial charge in [-0.15, -0.1) is 0 Å². The van der Waals surface area contributed by atoms with Gasteiger partial charge in [0.2, 0.25) is 0 Å². The molecule has 0 spiro atoms. The number of hydrogen-bond acceptors (Lipinski definition) is 3. The Kier molecular flexibility index (Phi) is 5.83. The molecular weight excluding hydrogens is 445 g/mol. The summed E-state index contributed by atoms with van der Waals surface area (Å²) in [6, 6.07) is 9.95. The lowest BCUT2D eigenvalue weighted by Gasteiger charge is -2.44. The van der Waals surface area contributed by atoms with Crippen LogP contribution < -0.4 is 0 Å². The Bertz CT molecular complexity index is 1280. The van der Waals surface area contributed by atoms with E-state index in [2.05, 4.69) is 95.2 Å². The number of nitrogens with zero attached hydrogens (tertiary/aromatic N) is 3. The molecule has 0 N–H and O–H groups in total. The van der Waals surface area contributed by atoms with Gasteiger partial charge in [0.05, 0.1) is 17.1 Å². The van der Waals surface area contributed by atoms with E-state index in [-0.39, 0.29) is 32.9 Å². The van der Waals surface area contributed by atoms with Gasteiger partial charge < -0.3 is 0 Å². The van der Waals surface area contributed by atoms with Gasteiger partial charge in [-0.25, -0.2) is 14.4 Å². The fourth-order valence-corrected chi connectivity index (χ4v) is 5.37. The molecule has 3 nitrogen and oxygen atoms in total. The zero-order valence-corrected chi connectivity index (χ0v) is 24.2. The Morgan fingerprint density at radius 2 is 1.28 bits per heavy atom. The van der Waals surface area contributed by atoms with E-state index in [4.69, 9.17) is 15.0 Å². The molecule has 2 heterocycles. The molecule has 0 aliphatic heterocycles. The predicted octanol–water partition coefficient (Wildman–Crippen LogP) is 8.53. The van der Waals surface area contributed by atoms with Crippen LogP contribution in [0.25, 0.3) is 22.6 Å². The van der Waals surface area contributed by atoms with Crippen molar-refractivity contribution in [2.45, 2.75) is 105 Å². The summed E-state index contributed by atoms with van der Waals surface area (Å²) in [6.45, 7) is 26.2. The maximum atomic E-state index is 16.2. The molecule has 0 amide bonds. The molecule has 0 radical (unpaired) electrons. The number of hydrogen-bond donors (Lipinski definition) is 0. The summed E-state index contributed by atoms with van der Waals surface area (Å²) < 4.78 is 16.2. The maximum absolute atomic E-state index is 16.2. The highest BCUT2D eigenvalue weighted by atomic mass is 19.1. The molecule has 4 rings (SSSR count). The summed E-state index contributed by atoms with van der Waals surface area (Å²) in [5.74, 6) is 0.503. The quantitative estimate of drug-likeness (QED) is 0.363. The number of aromatic nitrogens is 3. The molecule has 0 atom stereocenters. The first-order chi connectivity index (χ1) is 16.3. The van der Waals surface area contributed by atoms with E-state index in [0.29, 0.717) is 17.1 Å². The van der Waals surface area contributed by atoms with Crippen LogP contribution in [-0.4, -0.2) is 15.0 Å². The van der Waals surface area contributed by atoms with Crippen molar-refractivity contribution in [3.05, 3.63) is 64.9 Å². The van der Waals surface area contributed by atoms with Crippen molar-refractivity contribution in [3.63, 3.8) is 0 Å². The van der Waals surface area contributed by atoms with Crippen LogP contribution >= 0.6 is 0 Å². The van der Waals surface area contributed by atoms with Crippen LogP contribution in [0, 0.1) is 11.2 Å². The fraction of sp³-hybridized carbons (Fsp3) is 0.531. The molecule has 0 saturated carbocycles. The normalized spacial score (nSPS) is 18.2. The number of halogens is 1. The minimum atomic E-state index is -0.309. The largest absolute Gasteiger partial charge is 0.255 e. The van der Waals surface area contributed by atoms with E-state index >= 15 is 4.39 Å². The van der Waals surface area contributed by atoms with Gasteiger partial charge in [-0.2, -0.15) is 0 Å². The molecule has 36 heavy (non-hydrogen) atoms. The summed E-state index contributed by atoms with van der Waals surface area (Å²) in [5, 5.41) is 0. The van der Waals surface area contributed by atoms with Gasteiger partial charge in [-0.3, -0.25) is 4.98 Å². The Labute approximate surface area is 217 Å². The van der Waals surface area contributed by atoms with Gasteiger partial charge in [0.15, 0.2) is 5.82 Å². The van der Waals surface area contributed by atoms with E-state index in [9.17, 15) is 0 Å². The molecule has 1 aromatic carbocycles. The highest BCUT2D eigenvalue weighted by molar-refractivity contribution is 5.67. The standard InChI is InChI=1S/C32H42FN3/c1-28(2,3)23-17-24(29(4,5)6)36-27(35-23)19-13-16-22(34-18-19)20-14-15-21-25(26(20)33)31(9,10)32(11,12)30(21,7)8/h13-18H,1-12H3. The third-order valence-corrected chi connectivity index (χ3v) is 9.13. The van der Waals surface area contributed by atoms with Crippen molar-refractivity contribution in [2.24, 2.45) is 5.41 Å². The van der Waals surface area contributed by atoms with Crippen LogP contribution in [0.2, 0.25) is 0 Å². The number of rotatable bonds is 2. The minimum absolute atomic E-state index is 0.0980. The van der Waals surface area contributed by atoms with Crippen LogP contribution in [0.5, 0.6) is 0 Å². The molecule has 1 aliphatic carbocycles. The lowest BCUT2D eigenvalue weighted by atomic mass is 9.59. The Balaban J connectivity index is 1.80. The fourth-order valence-electron chi connectivity index (χ4n) is 5.37. The zero-order valence-electron chi connectivity index (χ0n) is 24.2. The Morgan fingerprint density at radius 3 is 1.75 bits per heavy atom. The smallest absolute Gasteiger partial charge is 0.161 e. The molecule has 2 aromatic heterocycles. The van der Waals surface area contributed by atoms with Crippen molar-refractivity contribution >= 4 is 0 Å². The molecule has 0 fully saturated rings. The lowest BCUT2D eigenvalue weighted by molar-refractivity contribution is 0.123. The summed E-state index contributed by atoms with van der Waals surface area (Å²) >= 11 is 0. The van der Waals surface area contributed by atoms with Crippen LogP contribution in [0.3, 0.4) is 0 Å². The molecule has 0 unspecified atom stereocenters. The average Bonchev–Trinajstić information content (AvgIpc) is 2.87. The Morgan fingerprint density at radius 1 is 0.722 bits per heavy atom. The van der Waals surface area contributed by atoms with E-state index < -0.39 is 0 Å². The van der Waals surface area contributed by atoms with Crippen LogP contribution in [0.4, 0.5) is 4.39 Å². The molecular formula is C32H42FN3. The van der Waals surface area contributed by atoms with Crippen molar-refractivity contribution in [1.82, 2.24) is 15.0 Å². The van der Waals surface area contributed by atoms with Crippen LogP contribution in [0.15, 0.2) is 36.5 Å². The number of benzene rings is 1. The molecule has 0 bridgehead atoms. The van der Waals surface area contributed by atoms with Gasteiger partial charge in [0, 0.05) is 28.2 Å². The third kappa shape index (κ3) is 3.88. The highest BCUT2D eigenvalue weighted by Gasteiger charge is 2.58. The van der Waals surface area contributed by atoms with Crippen LogP contribution in [-0.2, 0) is 21.7 Å². The molecule has 192 valence electrons. The molecule has 4 heteroatoms. The van der Waals surface area contributed by atoms with Gasteiger partial charge >= 0.3 is 0 Å². The molecule has 3 aromatic rings. The second kappa shape index (κ2) is 7.94. The van der Waals surface area contributed by atoms with Crippen LogP contribution in [0.1, 0.15) is 106 Å². The van der Waals surface area contributed by atoms with Crippen molar-refractivity contribution in [1.29, 1.82) is 0 Å². The summed E-state index contributed by atoms with van der Waals surface area (Å²) in [7, 11) is 0. The third-order valence-electron chi connectivity index (χ3n) is 9.13. The number of pyridine rings is 1. The van der Waals surface area contributed by atoms with Gasteiger partial charge in [0.25, 0.3) is 0 Å². The highest BCUT2D eigenvalue weighted by Crippen LogP contribution is 2.62. The van der Waals surface area contributed by atoms with E-state index in [1.807, 2.05) is 18.2 Å². The van der Waals surface area contributed by atoms with E-state index in [1.54, 1.807) is 6.20 Å². The number of fused-ring (bicyclic) bond motifs is 1. The lowest BCUT2D eigenvalue weighted by Crippen LogP contribution is -2.42. The molecule has 1 aliphatic rings. The summed E-state index contributed by atoms with van der Waals surface area (Å²) in [4.78, 5) is 14.5. The average molecular weight is 488 g/mol. The second-order valence-electron chi connectivity index (χ2n) is 14.1. The zero-order chi connectivity index (χ0) is 27.1. The van der Waals surface area contributed by atoms with E-state index in [1.165, 1.54) is 0 Å². The molecule has 0 saturated heterocycles. The first kappa shape index (κ1) is 26.4. The summed E-state index contributed by atoms with van der Waals surface area (Å²) in [5.41, 5.74) is 5.16. The monoisotopic (exact) mass is 487 g/mol. The predicted molar refractivity (Wildman–Crippen MR) is 148 cm³/mol. The van der Waals surface area contributed by atoms with Crippen molar-refractivity contribution < 1.29 is 4.39 Å². The minimum Gasteiger partial charge on any atom is -0.255 e. The second-order valence-corrected chi connectivity index (χ2v) is 14.1. The SMILES string of the molecule is CC(C)(C)c1cc(C(C)(C)C)nc(-c2ccc(-c3ccc4c(c3F)C(C)(C)C(C)(C)C4(C)C)nc2)n1. The van der Waals surface area contributed by atoms with Gasteiger partial charge in [-0.1, -0.05) is 89.2 Å². The topological polar surface area (TPSA) is 38.7 Å². The van der Waals surface area contributed by atoms with E-state index in [0.717, 1.165) is 28.1 Å². The Hall–Kier alpha value is -2.62. The van der Waals surface area contributed by atoms with Crippen molar-refractivity contribution in [3.8, 4) is 22.6 Å². The summed E-state index contributed by atoms with van der Waals surface area (Å²) in [6.07, 6.45) is 1.77. The van der Waals surface area contributed by atoms with Gasteiger partial charge in [0.1, 0.15) is 5.82 Å². The van der Waals surface area contributed by atoms with Crippen molar-refractivity contribution in [2.75, 3.05) is 0 Å². The van der Waals surface area contributed by atoms with Gasteiger partial charge in [-0.05, 0) is 51.6 Å². The first-order valence-electron chi connectivity index (χ1n) is 13.0. The first-order valence-corrected chi connectivity index (χ1v) is 13.0.